The first-order valence-corrected chi connectivity index (χ1v) is 15.0. The third kappa shape index (κ3) is 6.54. The van der Waals surface area contributed by atoms with Gasteiger partial charge >= 0.3 is 12.1 Å². The standard InChI is InChI=1S/C31H31ClF4N6O4/c1-4-44-28-25(33)7-18(10-38-28)13-41-20-8-21(41)15-40(14-20)26-6-5-19(11-37-26)23-9-22(16-42-27(23)24(32)12-39-42)45-17-30(2,3)46-29(43)31(34,35)36/h5-7,9-12,16,20-21H,4,8,13-15,17H2,1-3H3. The van der Waals surface area contributed by atoms with Crippen LogP contribution in [0.15, 0.2) is 49.1 Å². The van der Waals surface area contributed by atoms with Crippen molar-refractivity contribution in [3.63, 3.8) is 0 Å². The van der Waals surface area contributed by atoms with Crippen molar-refractivity contribution in [3.05, 3.63) is 65.5 Å². The Kier molecular flexibility index (Phi) is 8.44. The number of fused-ring (bicyclic) bond motifs is 3. The number of anilines is 1. The summed E-state index contributed by atoms with van der Waals surface area (Å²) in [5.74, 6) is -1.65. The number of carbonyl (C=O) groups excluding carboxylic acids is 1. The first-order valence-electron chi connectivity index (χ1n) is 14.7. The van der Waals surface area contributed by atoms with Gasteiger partial charge in [-0.3, -0.25) is 4.90 Å². The van der Waals surface area contributed by atoms with Crippen molar-refractivity contribution in [2.75, 3.05) is 31.2 Å². The highest BCUT2D eigenvalue weighted by molar-refractivity contribution is 6.34. The molecule has 4 aromatic rings. The number of rotatable bonds is 10. The molecule has 3 fully saturated rings. The molecule has 3 aliphatic rings. The molecule has 2 atom stereocenters. The van der Waals surface area contributed by atoms with E-state index in [4.69, 9.17) is 26.1 Å². The van der Waals surface area contributed by atoms with E-state index in [-0.39, 0.29) is 18.2 Å². The van der Waals surface area contributed by atoms with Crippen LogP contribution in [0.3, 0.4) is 0 Å². The van der Waals surface area contributed by atoms with Crippen LogP contribution in [0.4, 0.5) is 23.4 Å². The molecule has 7 rings (SSSR count). The number of nitrogens with zero attached hydrogens (tertiary/aromatic N) is 6. The highest BCUT2D eigenvalue weighted by atomic mass is 35.5. The summed E-state index contributed by atoms with van der Waals surface area (Å²) in [6.07, 6.45) is 2.34. The molecule has 0 amide bonds. The normalized spacial score (nSPS) is 18.4. The first-order chi connectivity index (χ1) is 21.8. The average molecular weight is 663 g/mol. The van der Waals surface area contributed by atoms with Crippen LogP contribution in [0.5, 0.6) is 11.6 Å². The molecule has 0 radical (unpaired) electrons. The number of hydrogen-bond donors (Lipinski definition) is 0. The zero-order valence-corrected chi connectivity index (χ0v) is 26.0. The van der Waals surface area contributed by atoms with Crippen LogP contribution in [0, 0.1) is 5.82 Å². The second-order valence-electron chi connectivity index (χ2n) is 11.9. The molecule has 0 spiro atoms. The summed E-state index contributed by atoms with van der Waals surface area (Å²) in [6.45, 7) is 6.58. The van der Waals surface area contributed by atoms with E-state index in [0.717, 1.165) is 36.5 Å². The third-order valence-electron chi connectivity index (χ3n) is 7.97. The summed E-state index contributed by atoms with van der Waals surface area (Å²) in [4.78, 5) is 24.8. The minimum Gasteiger partial charge on any atom is -0.488 e. The van der Waals surface area contributed by atoms with Gasteiger partial charge in [0.2, 0.25) is 5.88 Å². The third-order valence-corrected chi connectivity index (χ3v) is 8.24. The Labute approximate surface area is 266 Å². The number of alkyl halides is 3. The SMILES string of the molecule is CCOc1ncc(CN2C3CC2CN(c2ccc(-c4cc(OCC(C)(C)OC(=O)C(F)(F)F)cn5ncc(Cl)c45)cn2)C3)cc1F. The second kappa shape index (κ2) is 12.2. The topological polar surface area (TPSA) is 94.3 Å². The molecule has 4 aromatic heterocycles. The molecular formula is C31H31ClF4N6O4. The summed E-state index contributed by atoms with van der Waals surface area (Å²) in [5.41, 5.74) is 1.21. The van der Waals surface area contributed by atoms with Gasteiger partial charge < -0.3 is 19.1 Å². The van der Waals surface area contributed by atoms with Crippen molar-refractivity contribution in [1.82, 2.24) is 24.5 Å². The summed E-state index contributed by atoms with van der Waals surface area (Å²) < 4.78 is 69.5. The van der Waals surface area contributed by atoms with Crippen LogP contribution in [-0.4, -0.2) is 80.6 Å². The molecule has 0 aliphatic carbocycles. The Hall–Kier alpha value is -4.17. The van der Waals surface area contributed by atoms with Crippen LogP contribution in [-0.2, 0) is 16.1 Å². The number of carbonyl (C=O) groups is 1. The molecule has 0 N–H and O–H groups in total. The van der Waals surface area contributed by atoms with E-state index in [2.05, 4.69) is 24.6 Å². The molecule has 7 heterocycles. The summed E-state index contributed by atoms with van der Waals surface area (Å²) >= 11 is 6.45. The van der Waals surface area contributed by atoms with Gasteiger partial charge in [-0.2, -0.15) is 18.3 Å². The van der Waals surface area contributed by atoms with Gasteiger partial charge in [0, 0.05) is 55.2 Å². The highest BCUT2D eigenvalue weighted by Crippen LogP contribution is 2.37. The van der Waals surface area contributed by atoms with Gasteiger partial charge in [0.1, 0.15) is 23.8 Å². The monoisotopic (exact) mass is 662 g/mol. The lowest BCUT2D eigenvalue weighted by atomic mass is 9.87. The fourth-order valence-electron chi connectivity index (χ4n) is 5.82. The maximum atomic E-state index is 14.3. The molecule has 2 unspecified atom stereocenters. The molecule has 3 saturated heterocycles. The number of piperazine rings is 1. The highest BCUT2D eigenvalue weighted by Gasteiger charge is 2.45. The molecule has 0 aromatic carbocycles. The maximum absolute atomic E-state index is 14.3. The average Bonchev–Trinajstić information content (AvgIpc) is 3.39. The lowest BCUT2D eigenvalue weighted by molar-refractivity contribution is -0.213. The van der Waals surface area contributed by atoms with Crippen molar-refractivity contribution in [1.29, 1.82) is 0 Å². The van der Waals surface area contributed by atoms with Crippen LogP contribution in [0.2, 0.25) is 5.02 Å². The van der Waals surface area contributed by atoms with E-state index in [0.29, 0.717) is 41.3 Å². The largest absolute Gasteiger partial charge is 0.490 e. The minimum atomic E-state index is -5.11. The van der Waals surface area contributed by atoms with Crippen molar-refractivity contribution < 1.29 is 36.6 Å². The quantitative estimate of drug-likeness (QED) is 0.156. The van der Waals surface area contributed by atoms with Crippen molar-refractivity contribution in [2.24, 2.45) is 0 Å². The van der Waals surface area contributed by atoms with E-state index in [1.807, 2.05) is 12.1 Å². The number of hydrogen-bond acceptors (Lipinski definition) is 9. The predicted octanol–water partition coefficient (Wildman–Crippen LogP) is 5.71. The molecular weight excluding hydrogens is 632 g/mol. The number of esters is 1. The fourth-order valence-corrected chi connectivity index (χ4v) is 6.06. The smallest absolute Gasteiger partial charge is 0.488 e. The molecule has 244 valence electrons. The molecule has 2 bridgehead atoms. The number of ether oxygens (including phenoxy) is 3. The van der Waals surface area contributed by atoms with Gasteiger partial charge in [-0.25, -0.2) is 23.7 Å². The number of piperidine rings is 1. The molecule has 3 aliphatic heterocycles. The van der Waals surface area contributed by atoms with Crippen LogP contribution in [0.1, 0.15) is 32.8 Å². The predicted molar refractivity (Wildman–Crippen MR) is 160 cm³/mol. The Morgan fingerprint density at radius 1 is 1.07 bits per heavy atom. The Morgan fingerprint density at radius 3 is 2.48 bits per heavy atom. The number of aromatic nitrogens is 4. The Bertz CT molecular complexity index is 1740. The van der Waals surface area contributed by atoms with Crippen LogP contribution >= 0.6 is 11.6 Å². The van der Waals surface area contributed by atoms with Gasteiger partial charge in [0.05, 0.1) is 29.5 Å². The fraction of sp³-hybridized carbons (Fsp3) is 0.419. The lowest BCUT2D eigenvalue weighted by Gasteiger charge is -2.56. The van der Waals surface area contributed by atoms with Crippen molar-refractivity contribution >= 4 is 28.9 Å². The minimum absolute atomic E-state index is 0.0161. The summed E-state index contributed by atoms with van der Waals surface area (Å²) in [7, 11) is 0. The van der Waals surface area contributed by atoms with Gasteiger partial charge in [-0.1, -0.05) is 11.6 Å². The van der Waals surface area contributed by atoms with Crippen LogP contribution in [0.25, 0.3) is 16.6 Å². The number of pyridine rings is 3. The van der Waals surface area contributed by atoms with E-state index in [1.165, 1.54) is 36.8 Å². The van der Waals surface area contributed by atoms with Gasteiger partial charge in [-0.15, -0.1) is 0 Å². The molecule has 0 saturated carbocycles. The zero-order chi connectivity index (χ0) is 32.8. The molecule has 10 nitrogen and oxygen atoms in total. The van der Waals surface area contributed by atoms with Gasteiger partial charge in [0.25, 0.3) is 0 Å². The summed E-state index contributed by atoms with van der Waals surface area (Å²) in [5, 5.41) is 4.65. The lowest BCUT2D eigenvalue weighted by Crippen LogP contribution is -2.68. The first kappa shape index (κ1) is 31.8. The second-order valence-corrected chi connectivity index (χ2v) is 12.3. The Balaban J connectivity index is 1.14. The van der Waals surface area contributed by atoms with Gasteiger partial charge in [0.15, 0.2) is 5.82 Å². The van der Waals surface area contributed by atoms with E-state index in [1.54, 1.807) is 25.4 Å². The number of halogens is 5. The van der Waals surface area contributed by atoms with Crippen molar-refractivity contribution in [3.8, 4) is 22.8 Å². The zero-order valence-electron chi connectivity index (χ0n) is 25.2. The van der Waals surface area contributed by atoms with Gasteiger partial charge in [-0.05, 0) is 57.0 Å². The molecule has 15 heteroatoms. The van der Waals surface area contributed by atoms with E-state index < -0.39 is 23.6 Å². The van der Waals surface area contributed by atoms with E-state index in [9.17, 15) is 22.4 Å². The van der Waals surface area contributed by atoms with E-state index >= 15 is 0 Å². The Morgan fingerprint density at radius 2 is 1.83 bits per heavy atom. The summed E-state index contributed by atoms with van der Waals surface area (Å²) in [6, 6.07) is 7.60. The molecule has 46 heavy (non-hydrogen) atoms. The maximum Gasteiger partial charge on any atom is 0.490 e. The van der Waals surface area contributed by atoms with Crippen molar-refractivity contribution in [2.45, 2.75) is 57.6 Å². The van der Waals surface area contributed by atoms with Crippen LogP contribution < -0.4 is 14.4 Å².